The largest absolute Gasteiger partial charge is 0.497 e. The highest BCUT2D eigenvalue weighted by Gasteiger charge is 2.13. The number of rotatable bonds is 5. The Morgan fingerprint density at radius 1 is 1.16 bits per heavy atom. The van der Waals surface area contributed by atoms with Gasteiger partial charge < -0.3 is 10.1 Å². The van der Waals surface area contributed by atoms with Crippen LogP contribution in [0.15, 0.2) is 36.4 Å². The van der Waals surface area contributed by atoms with E-state index >= 15 is 0 Å². The minimum atomic E-state index is 0.497. The van der Waals surface area contributed by atoms with Crippen molar-refractivity contribution in [3.05, 3.63) is 42.0 Å². The molecule has 0 saturated carbocycles. The Balaban J connectivity index is 2.41. The molecule has 1 N–H and O–H groups in total. The van der Waals surface area contributed by atoms with E-state index in [0.717, 1.165) is 12.2 Å². The van der Waals surface area contributed by atoms with Crippen LogP contribution in [0.25, 0.3) is 10.8 Å². The minimum Gasteiger partial charge on any atom is -0.497 e. The van der Waals surface area contributed by atoms with Gasteiger partial charge in [0.05, 0.1) is 7.11 Å². The van der Waals surface area contributed by atoms with Crippen LogP contribution in [-0.4, -0.2) is 20.2 Å². The fraction of sp³-hybridized carbons (Fsp3) is 0.412. The molecule has 0 fully saturated rings. The highest BCUT2D eigenvalue weighted by molar-refractivity contribution is 5.87. The predicted molar refractivity (Wildman–Crippen MR) is 81.9 cm³/mol. The Bertz CT molecular complexity index is 548. The van der Waals surface area contributed by atoms with E-state index in [0.29, 0.717) is 12.0 Å². The minimum absolute atomic E-state index is 0.497. The fourth-order valence-corrected chi connectivity index (χ4v) is 2.53. The summed E-state index contributed by atoms with van der Waals surface area (Å²) in [5, 5.41) is 5.98. The summed E-state index contributed by atoms with van der Waals surface area (Å²) in [5.41, 5.74) is 1.38. The van der Waals surface area contributed by atoms with Crippen molar-refractivity contribution in [2.75, 3.05) is 14.2 Å². The Morgan fingerprint density at radius 2 is 1.95 bits per heavy atom. The Hall–Kier alpha value is -1.54. The summed E-state index contributed by atoms with van der Waals surface area (Å²) in [4.78, 5) is 0. The molecule has 102 valence electrons. The van der Waals surface area contributed by atoms with Gasteiger partial charge in [-0.05, 0) is 47.9 Å². The summed E-state index contributed by atoms with van der Waals surface area (Å²) in [5.74, 6) is 1.54. The van der Waals surface area contributed by atoms with Gasteiger partial charge in [-0.1, -0.05) is 38.1 Å². The van der Waals surface area contributed by atoms with E-state index in [1.54, 1.807) is 7.11 Å². The second-order valence-electron chi connectivity index (χ2n) is 5.35. The van der Waals surface area contributed by atoms with Gasteiger partial charge in [-0.25, -0.2) is 0 Å². The zero-order chi connectivity index (χ0) is 13.8. The van der Waals surface area contributed by atoms with Crippen LogP contribution in [0.1, 0.15) is 19.4 Å². The molecule has 2 aromatic rings. The molecule has 1 unspecified atom stereocenters. The van der Waals surface area contributed by atoms with Crippen molar-refractivity contribution < 1.29 is 4.74 Å². The second kappa shape index (κ2) is 6.07. The van der Waals surface area contributed by atoms with E-state index < -0.39 is 0 Å². The molecule has 2 rings (SSSR count). The number of methoxy groups -OCH3 is 1. The lowest BCUT2D eigenvalue weighted by molar-refractivity contribution is 0.415. The highest BCUT2D eigenvalue weighted by Crippen LogP contribution is 2.25. The smallest absolute Gasteiger partial charge is 0.119 e. The highest BCUT2D eigenvalue weighted by atomic mass is 16.5. The van der Waals surface area contributed by atoms with Crippen molar-refractivity contribution in [3.63, 3.8) is 0 Å². The van der Waals surface area contributed by atoms with Gasteiger partial charge in [-0.2, -0.15) is 0 Å². The molecule has 19 heavy (non-hydrogen) atoms. The second-order valence-corrected chi connectivity index (χ2v) is 5.35. The van der Waals surface area contributed by atoms with Gasteiger partial charge in [0.15, 0.2) is 0 Å². The van der Waals surface area contributed by atoms with E-state index in [1.807, 2.05) is 13.1 Å². The van der Waals surface area contributed by atoms with Gasteiger partial charge in [0.2, 0.25) is 0 Å². The van der Waals surface area contributed by atoms with Crippen molar-refractivity contribution in [3.8, 4) is 5.75 Å². The number of benzene rings is 2. The maximum absolute atomic E-state index is 5.34. The maximum atomic E-state index is 5.34. The van der Waals surface area contributed by atoms with E-state index in [-0.39, 0.29) is 0 Å². The van der Waals surface area contributed by atoms with Crippen molar-refractivity contribution in [1.29, 1.82) is 0 Å². The van der Waals surface area contributed by atoms with Crippen molar-refractivity contribution in [2.24, 2.45) is 5.92 Å². The first-order valence-corrected chi connectivity index (χ1v) is 6.88. The third-order valence-corrected chi connectivity index (χ3v) is 3.79. The summed E-state index contributed by atoms with van der Waals surface area (Å²) >= 11 is 0. The quantitative estimate of drug-likeness (QED) is 0.883. The molecule has 0 aromatic heterocycles. The van der Waals surface area contributed by atoms with Crippen LogP contribution in [0, 0.1) is 5.92 Å². The molecule has 1 atom stereocenters. The molecule has 2 heteroatoms. The van der Waals surface area contributed by atoms with Crippen molar-refractivity contribution in [1.82, 2.24) is 5.32 Å². The van der Waals surface area contributed by atoms with Crippen LogP contribution in [-0.2, 0) is 6.42 Å². The molecule has 0 spiro atoms. The lowest BCUT2D eigenvalue weighted by Crippen LogP contribution is -2.32. The average Bonchev–Trinajstić information content (AvgIpc) is 2.43. The number of hydrogen-bond acceptors (Lipinski definition) is 2. The summed E-state index contributed by atoms with van der Waals surface area (Å²) in [6, 6.07) is 13.3. The van der Waals surface area contributed by atoms with Crippen LogP contribution in [0.4, 0.5) is 0 Å². The molecule has 0 aliphatic carbocycles. The molecule has 0 aliphatic heterocycles. The molecule has 2 aromatic carbocycles. The molecule has 0 bridgehead atoms. The fourth-order valence-electron chi connectivity index (χ4n) is 2.53. The Morgan fingerprint density at radius 3 is 2.58 bits per heavy atom. The lowest BCUT2D eigenvalue weighted by atomic mass is 9.93. The lowest BCUT2D eigenvalue weighted by Gasteiger charge is -2.21. The molecule has 0 heterocycles. The normalized spacial score (nSPS) is 12.9. The van der Waals surface area contributed by atoms with Gasteiger partial charge in [-0.3, -0.25) is 0 Å². The van der Waals surface area contributed by atoms with Crippen molar-refractivity contribution >= 4 is 10.8 Å². The topological polar surface area (TPSA) is 21.3 Å². The standard InChI is InChI=1S/C17H23NO/c1-12(2)17(18-3)10-14-7-5-6-13-8-9-15(19-4)11-16(13)14/h5-9,11-12,17-18H,10H2,1-4H3. The van der Waals surface area contributed by atoms with E-state index in [2.05, 4.69) is 49.5 Å². The molecule has 0 saturated heterocycles. The number of ether oxygens (including phenoxy) is 1. The van der Waals surface area contributed by atoms with Gasteiger partial charge in [-0.15, -0.1) is 0 Å². The summed E-state index contributed by atoms with van der Waals surface area (Å²) in [6.07, 6.45) is 1.04. The van der Waals surface area contributed by atoms with Crippen LogP contribution < -0.4 is 10.1 Å². The first-order valence-electron chi connectivity index (χ1n) is 6.88. The third-order valence-electron chi connectivity index (χ3n) is 3.79. The van der Waals surface area contributed by atoms with Gasteiger partial charge in [0.25, 0.3) is 0 Å². The maximum Gasteiger partial charge on any atom is 0.119 e. The molecule has 0 radical (unpaired) electrons. The summed E-state index contributed by atoms with van der Waals surface area (Å²) in [6.45, 7) is 4.51. The number of fused-ring (bicyclic) bond motifs is 1. The predicted octanol–water partition coefficient (Wildman–Crippen LogP) is 3.63. The van der Waals surface area contributed by atoms with Crippen LogP contribution in [0.5, 0.6) is 5.75 Å². The van der Waals surface area contributed by atoms with E-state index in [4.69, 9.17) is 4.74 Å². The van der Waals surface area contributed by atoms with Crippen LogP contribution in [0.3, 0.4) is 0 Å². The van der Waals surface area contributed by atoms with Gasteiger partial charge in [0.1, 0.15) is 5.75 Å². The van der Waals surface area contributed by atoms with Crippen LogP contribution in [0.2, 0.25) is 0 Å². The molecule has 0 aliphatic rings. The van der Waals surface area contributed by atoms with Gasteiger partial charge >= 0.3 is 0 Å². The first-order chi connectivity index (χ1) is 9.15. The summed E-state index contributed by atoms with van der Waals surface area (Å²) in [7, 11) is 3.75. The zero-order valence-electron chi connectivity index (χ0n) is 12.2. The third kappa shape index (κ3) is 3.07. The first kappa shape index (κ1) is 13.9. The van der Waals surface area contributed by atoms with Gasteiger partial charge in [0, 0.05) is 6.04 Å². The molecule has 2 nitrogen and oxygen atoms in total. The average molecular weight is 257 g/mol. The van der Waals surface area contributed by atoms with E-state index in [9.17, 15) is 0 Å². The monoisotopic (exact) mass is 257 g/mol. The SMILES string of the molecule is CNC(Cc1cccc2ccc(OC)cc12)C(C)C. The number of likely N-dealkylation sites (N-methyl/N-ethyl adjacent to an activating group) is 1. The Kier molecular flexibility index (Phi) is 4.43. The molecular weight excluding hydrogens is 234 g/mol. The van der Waals surface area contributed by atoms with E-state index in [1.165, 1.54) is 16.3 Å². The zero-order valence-corrected chi connectivity index (χ0v) is 12.2. The number of nitrogens with one attached hydrogen (secondary N) is 1. The van der Waals surface area contributed by atoms with Crippen molar-refractivity contribution in [2.45, 2.75) is 26.3 Å². The summed E-state index contributed by atoms with van der Waals surface area (Å²) < 4.78 is 5.34. The number of hydrogen-bond donors (Lipinski definition) is 1. The van der Waals surface area contributed by atoms with Crippen LogP contribution >= 0.6 is 0 Å². The molecule has 0 amide bonds. The Labute approximate surface area is 115 Å². The molecular formula is C17H23NO.